The first-order chi connectivity index (χ1) is 49.6. The second-order valence-corrected chi connectivity index (χ2v) is 29.6. The van der Waals surface area contributed by atoms with Crippen LogP contribution in [0.3, 0.4) is 0 Å². The number of carbonyl (C=O) groups is 5. The molecule has 526 valence electrons. The Hall–Kier alpha value is -10.6. The molecule has 14 nitrogen and oxygen atoms in total. The minimum Gasteiger partial charge on any atom is -0.457 e. The number of fused-ring (bicyclic) bond motifs is 4. The molecule has 3 heterocycles. The lowest BCUT2D eigenvalue weighted by Crippen LogP contribution is -2.58. The number of carbonyl (C=O) groups excluding carboxylic acids is 5. The highest BCUT2D eigenvalue weighted by molar-refractivity contribution is 6.43. The normalized spacial score (nSPS) is 16.1. The lowest BCUT2D eigenvalue weighted by molar-refractivity contribution is -0.157. The van der Waals surface area contributed by atoms with Gasteiger partial charge in [0.1, 0.15) is 58.1 Å². The standard InChI is InChI=1S/C89H90N4O10/c1-14-42-90(60-22-18-16-19-23-60)87(97)70(44-50(3)4)92-84(94)66-46-72(100-62-34-26-56(27-35-62)51(5)6)78-80-74(102-64-38-30-58(31-39-64)53(9)10)48-68-77-69(89-93(86(68)96)71(45-55(13)99-89)88(98)91(43-15-2)61-24-20-17-21-25-61)49-75(103-65-40-32-59(33-41-65)54(11)12)81(83(77)80)79-73(47-67(85(92)95)76(66)82(78)79)101-63-36-28-57(29-37-63)52(7)8/h16-41,46-55,70-71,89H,14-15,42-45H2,1-13H3. The van der Waals surface area contributed by atoms with Crippen LogP contribution < -0.4 is 28.7 Å². The predicted molar refractivity (Wildman–Crippen MR) is 410 cm³/mol. The van der Waals surface area contributed by atoms with Gasteiger partial charge in [-0.2, -0.15) is 0 Å². The zero-order valence-corrected chi connectivity index (χ0v) is 61.1. The quantitative estimate of drug-likeness (QED) is 0.0345. The SMILES string of the molecule is CCCN(C(=O)C(CC(C)C)N1C(=O)c2cc(Oc3ccc(C(C)C)cc3)c3c4c(Oc5ccc(C(C)C)cc5)cc5c6c(cc(Oc7ccc(C(C)C)cc7)c(c7c(Oc8ccc(C(C)C)cc8)cc(c2c37)C1=O)c64)C1OC(C)CC(C(=O)N(CCC)c2ccccc2)N1C5=O)c1ccccc1. The number of rotatable bonds is 23. The number of ether oxygens (including phenoxy) is 5. The molecule has 0 radical (unpaired) electrons. The molecule has 1 saturated heterocycles. The van der Waals surface area contributed by atoms with Gasteiger partial charge in [0, 0.05) is 79.5 Å². The van der Waals surface area contributed by atoms with Crippen molar-refractivity contribution in [3.05, 3.63) is 226 Å². The van der Waals surface area contributed by atoms with Crippen LogP contribution in [0.5, 0.6) is 46.0 Å². The average Bonchev–Trinajstić information content (AvgIpc) is 0.670. The summed E-state index contributed by atoms with van der Waals surface area (Å²) in [7, 11) is 0. The number of hydrogen-bond acceptors (Lipinski definition) is 10. The van der Waals surface area contributed by atoms with E-state index in [-0.39, 0.29) is 82.3 Å². The van der Waals surface area contributed by atoms with Gasteiger partial charge < -0.3 is 33.5 Å². The molecule has 0 aliphatic carbocycles. The molecule has 0 spiro atoms. The number of hydrogen-bond donors (Lipinski definition) is 0. The van der Waals surface area contributed by atoms with Gasteiger partial charge in [0.25, 0.3) is 17.7 Å². The number of benzene rings is 11. The molecular weight excluding hydrogens is 1280 g/mol. The molecule has 3 aliphatic rings. The topological polar surface area (TPSA) is 144 Å². The van der Waals surface area contributed by atoms with E-state index in [0.29, 0.717) is 109 Å². The van der Waals surface area contributed by atoms with E-state index in [1.807, 2.05) is 198 Å². The number of nitrogens with zero attached hydrogens (tertiary/aromatic N) is 4. The van der Waals surface area contributed by atoms with Crippen LogP contribution in [0.1, 0.15) is 204 Å². The van der Waals surface area contributed by atoms with Crippen LogP contribution in [0.15, 0.2) is 182 Å². The second kappa shape index (κ2) is 28.3. The van der Waals surface area contributed by atoms with E-state index in [2.05, 4.69) is 55.4 Å². The predicted octanol–water partition coefficient (Wildman–Crippen LogP) is 21.9. The van der Waals surface area contributed by atoms with Gasteiger partial charge in [0.2, 0.25) is 11.8 Å². The van der Waals surface area contributed by atoms with Crippen molar-refractivity contribution < 1.29 is 47.7 Å². The molecule has 4 unspecified atom stereocenters. The summed E-state index contributed by atoms with van der Waals surface area (Å²) in [5.41, 5.74) is 6.73. The maximum atomic E-state index is 16.7. The summed E-state index contributed by atoms with van der Waals surface area (Å²) in [6, 6.07) is 55.4. The molecule has 0 bridgehead atoms. The van der Waals surface area contributed by atoms with Crippen molar-refractivity contribution in [2.24, 2.45) is 5.92 Å². The smallest absolute Gasteiger partial charge is 0.262 e. The zero-order chi connectivity index (χ0) is 72.4. The molecule has 11 aromatic rings. The van der Waals surface area contributed by atoms with Gasteiger partial charge in [-0.25, -0.2) is 0 Å². The second-order valence-electron chi connectivity index (χ2n) is 29.6. The van der Waals surface area contributed by atoms with E-state index in [1.54, 1.807) is 32.9 Å². The molecule has 14 rings (SSSR count). The first-order valence-electron chi connectivity index (χ1n) is 36.7. The van der Waals surface area contributed by atoms with Crippen molar-refractivity contribution in [3.63, 3.8) is 0 Å². The lowest BCUT2D eigenvalue weighted by Gasteiger charge is -2.47. The van der Waals surface area contributed by atoms with Crippen LogP contribution in [-0.2, 0) is 14.3 Å². The van der Waals surface area contributed by atoms with Crippen LogP contribution in [0.4, 0.5) is 11.4 Å². The Morgan fingerprint density at radius 3 is 1.18 bits per heavy atom. The Morgan fingerprint density at radius 1 is 0.447 bits per heavy atom. The fraction of sp³-hybridized carbons (Fsp3) is 0.315. The molecule has 1 fully saturated rings. The van der Waals surface area contributed by atoms with Gasteiger partial charge in [-0.3, -0.25) is 33.8 Å². The number of para-hydroxylation sites is 2. The summed E-state index contributed by atoms with van der Waals surface area (Å²) >= 11 is 0. The first kappa shape index (κ1) is 69.5. The number of anilines is 2. The Balaban J connectivity index is 1.15. The Kier molecular flexibility index (Phi) is 19.1. The fourth-order valence-electron chi connectivity index (χ4n) is 15.3. The van der Waals surface area contributed by atoms with Crippen LogP contribution >= 0.6 is 0 Å². The molecule has 14 heteroatoms. The van der Waals surface area contributed by atoms with Crippen molar-refractivity contribution in [1.82, 2.24) is 9.80 Å². The van der Waals surface area contributed by atoms with Gasteiger partial charge in [-0.05, 0) is 175 Å². The number of amides is 5. The van der Waals surface area contributed by atoms with Crippen LogP contribution in [0.2, 0.25) is 0 Å². The van der Waals surface area contributed by atoms with Gasteiger partial charge >= 0.3 is 0 Å². The summed E-state index contributed by atoms with van der Waals surface area (Å²) in [5.74, 6) is 0.992. The molecule has 3 aliphatic heterocycles. The van der Waals surface area contributed by atoms with Crippen LogP contribution in [-0.4, -0.2) is 70.6 Å². The van der Waals surface area contributed by atoms with Crippen molar-refractivity contribution in [2.75, 3.05) is 22.9 Å². The van der Waals surface area contributed by atoms with Gasteiger partial charge in [-0.15, -0.1) is 0 Å². The molecule has 5 amide bonds. The van der Waals surface area contributed by atoms with E-state index < -0.39 is 48.0 Å². The van der Waals surface area contributed by atoms with Gasteiger partial charge in [0.15, 0.2) is 6.23 Å². The zero-order valence-electron chi connectivity index (χ0n) is 61.1. The van der Waals surface area contributed by atoms with Crippen molar-refractivity contribution >= 4 is 84.0 Å². The van der Waals surface area contributed by atoms with Crippen molar-refractivity contribution in [2.45, 2.75) is 164 Å². The Labute approximate surface area is 603 Å². The van der Waals surface area contributed by atoms with Gasteiger partial charge in [0.05, 0.1) is 22.8 Å². The maximum Gasteiger partial charge on any atom is 0.262 e. The minimum absolute atomic E-state index is 0.117. The summed E-state index contributed by atoms with van der Waals surface area (Å²) in [6.45, 7) is 27.7. The third-order valence-corrected chi connectivity index (χ3v) is 20.6. The van der Waals surface area contributed by atoms with E-state index in [0.717, 1.165) is 27.9 Å². The highest BCUT2D eigenvalue weighted by Crippen LogP contribution is 2.60. The van der Waals surface area contributed by atoms with Crippen molar-refractivity contribution in [1.29, 1.82) is 0 Å². The summed E-state index contributed by atoms with van der Waals surface area (Å²) in [4.78, 5) is 87.8. The minimum atomic E-state index is -1.26. The highest BCUT2D eigenvalue weighted by atomic mass is 16.5. The summed E-state index contributed by atoms with van der Waals surface area (Å²) < 4.78 is 36.9. The summed E-state index contributed by atoms with van der Waals surface area (Å²) in [6.07, 6.45) is -0.00683. The molecule has 103 heavy (non-hydrogen) atoms. The first-order valence-corrected chi connectivity index (χ1v) is 36.7. The lowest BCUT2D eigenvalue weighted by atomic mass is 9.79. The van der Waals surface area contributed by atoms with Crippen molar-refractivity contribution in [3.8, 4) is 46.0 Å². The Morgan fingerprint density at radius 2 is 0.806 bits per heavy atom. The molecule has 0 N–H and O–H groups in total. The number of imide groups is 1. The molecule has 0 aromatic heterocycles. The molecular formula is C89H90N4O10. The maximum absolute atomic E-state index is 16.7. The van der Waals surface area contributed by atoms with Crippen LogP contribution in [0, 0.1) is 5.92 Å². The largest absolute Gasteiger partial charge is 0.457 e. The van der Waals surface area contributed by atoms with E-state index in [1.165, 1.54) is 4.90 Å². The summed E-state index contributed by atoms with van der Waals surface area (Å²) in [5, 5.41) is 3.52. The highest BCUT2D eigenvalue weighted by Gasteiger charge is 2.50. The van der Waals surface area contributed by atoms with Gasteiger partial charge in [-0.1, -0.05) is 168 Å². The van der Waals surface area contributed by atoms with Crippen LogP contribution in [0.25, 0.3) is 43.1 Å². The average molecular weight is 1380 g/mol. The monoisotopic (exact) mass is 1370 g/mol. The molecule has 4 atom stereocenters. The third-order valence-electron chi connectivity index (χ3n) is 20.6. The molecule has 11 aromatic carbocycles. The fourth-order valence-corrected chi connectivity index (χ4v) is 15.3. The van der Waals surface area contributed by atoms with E-state index in [4.69, 9.17) is 23.7 Å². The van der Waals surface area contributed by atoms with E-state index >= 15 is 24.0 Å². The van der Waals surface area contributed by atoms with E-state index in [9.17, 15) is 0 Å². The molecule has 0 saturated carbocycles. The Bertz CT molecular complexity index is 4920. The third kappa shape index (κ3) is 12.8.